The van der Waals surface area contributed by atoms with E-state index in [-0.39, 0.29) is 11.4 Å². The average molecular weight is 275 g/mol. The molecule has 0 atom stereocenters. The number of rotatable bonds is 6. The Hall–Kier alpha value is -1.39. The molecule has 0 aromatic heterocycles. The largest absolute Gasteiger partial charge is 0.325 e. The fraction of sp³-hybridized carbons (Fsp3) is 0.562. The number of hydrogen-bond acceptors (Lipinski definition) is 3. The zero-order valence-corrected chi connectivity index (χ0v) is 12.5. The van der Waals surface area contributed by atoms with Gasteiger partial charge in [0.2, 0.25) is 5.91 Å². The first kappa shape index (κ1) is 15.0. The van der Waals surface area contributed by atoms with E-state index in [1.807, 2.05) is 30.3 Å². The molecule has 1 aromatic rings. The highest BCUT2D eigenvalue weighted by molar-refractivity contribution is 5.92. The highest BCUT2D eigenvalue weighted by atomic mass is 16.1. The van der Waals surface area contributed by atoms with E-state index in [0.717, 1.165) is 12.2 Å². The van der Waals surface area contributed by atoms with Crippen molar-refractivity contribution in [1.29, 1.82) is 0 Å². The van der Waals surface area contributed by atoms with Crippen LogP contribution in [0, 0.1) is 0 Å². The molecule has 1 amide bonds. The van der Waals surface area contributed by atoms with Gasteiger partial charge in [0.15, 0.2) is 0 Å². The lowest BCUT2D eigenvalue weighted by atomic mass is 9.96. The van der Waals surface area contributed by atoms with Gasteiger partial charge in [0, 0.05) is 17.8 Å². The van der Waals surface area contributed by atoms with Gasteiger partial charge >= 0.3 is 0 Å². The number of carbonyl (C=O) groups is 1. The molecule has 1 fully saturated rings. The van der Waals surface area contributed by atoms with Gasteiger partial charge in [-0.25, -0.2) is 0 Å². The second kappa shape index (κ2) is 6.86. The highest BCUT2D eigenvalue weighted by Crippen LogP contribution is 2.32. The van der Waals surface area contributed by atoms with Crippen LogP contribution in [0.25, 0.3) is 0 Å². The zero-order valence-electron chi connectivity index (χ0n) is 12.5. The van der Waals surface area contributed by atoms with E-state index in [2.05, 4.69) is 29.6 Å². The topological polar surface area (TPSA) is 44.4 Å². The molecule has 4 nitrogen and oxygen atoms in total. The van der Waals surface area contributed by atoms with Crippen LogP contribution < -0.4 is 10.6 Å². The maximum Gasteiger partial charge on any atom is 0.238 e. The Bertz CT molecular complexity index is 425. The summed E-state index contributed by atoms with van der Waals surface area (Å²) >= 11 is 0. The Morgan fingerprint density at radius 2 is 1.85 bits per heavy atom. The van der Waals surface area contributed by atoms with Gasteiger partial charge in [-0.1, -0.05) is 31.0 Å². The van der Waals surface area contributed by atoms with Crippen LogP contribution in [0.5, 0.6) is 0 Å². The van der Waals surface area contributed by atoms with Gasteiger partial charge in [0.25, 0.3) is 0 Å². The Labute approximate surface area is 121 Å². The number of amides is 1. The van der Waals surface area contributed by atoms with Gasteiger partial charge in [-0.05, 0) is 39.1 Å². The lowest BCUT2D eigenvalue weighted by molar-refractivity contribution is -0.115. The molecular formula is C16H25N3O. The van der Waals surface area contributed by atoms with Gasteiger partial charge in [-0.3, -0.25) is 4.79 Å². The molecule has 2 rings (SSSR count). The molecule has 1 aromatic carbocycles. The molecule has 1 saturated carbocycles. The molecule has 0 radical (unpaired) electrons. The predicted molar refractivity (Wildman–Crippen MR) is 82.8 cm³/mol. The van der Waals surface area contributed by atoms with Crippen molar-refractivity contribution in [3.05, 3.63) is 30.3 Å². The maximum atomic E-state index is 11.9. The molecule has 0 aliphatic heterocycles. The Morgan fingerprint density at radius 3 is 2.45 bits per heavy atom. The fourth-order valence-corrected chi connectivity index (χ4v) is 2.95. The van der Waals surface area contributed by atoms with Crippen molar-refractivity contribution in [2.75, 3.05) is 32.5 Å². The van der Waals surface area contributed by atoms with Crippen LogP contribution in [0.15, 0.2) is 30.3 Å². The Kier molecular flexibility index (Phi) is 5.15. The number of anilines is 1. The number of benzene rings is 1. The number of likely N-dealkylation sites (N-methyl/N-ethyl adjacent to an activating group) is 1. The predicted octanol–water partition coefficient (Wildman–Crippen LogP) is 2.09. The fourth-order valence-electron chi connectivity index (χ4n) is 2.95. The van der Waals surface area contributed by atoms with Crippen LogP contribution in [-0.4, -0.2) is 43.5 Å². The van der Waals surface area contributed by atoms with Crippen LogP contribution >= 0.6 is 0 Å². The number of nitrogens with one attached hydrogen (secondary N) is 2. The van der Waals surface area contributed by atoms with E-state index in [4.69, 9.17) is 0 Å². The van der Waals surface area contributed by atoms with Crippen molar-refractivity contribution in [3.8, 4) is 0 Å². The van der Waals surface area contributed by atoms with E-state index in [0.29, 0.717) is 6.54 Å². The summed E-state index contributed by atoms with van der Waals surface area (Å²) in [6.45, 7) is 1.24. The van der Waals surface area contributed by atoms with Crippen LogP contribution in [0.2, 0.25) is 0 Å². The lowest BCUT2D eigenvalue weighted by Gasteiger charge is -2.36. The van der Waals surface area contributed by atoms with Gasteiger partial charge in [-0.2, -0.15) is 0 Å². The second-order valence-electron chi connectivity index (χ2n) is 5.84. The van der Waals surface area contributed by atoms with E-state index in [9.17, 15) is 4.79 Å². The molecule has 20 heavy (non-hydrogen) atoms. The summed E-state index contributed by atoms with van der Waals surface area (Å²) in [7, 11) is 4.27. The van der Waals surface area contributed by atoms with E-state index in [1.165, 1.54) is 25.7 Å². The number of hydrogen-bond donors (Lipinski definition) is 2. The minimum absolute atomic E-state index is 0.0168. The minimum Gasteiger partial charge on any atom is -0.325 e. The van der Waals surface area contributed by atoms with Crippen LogP contribution in [-0.2, 0) is 4.79 Å². The van der Waals surface area contributed by atoms with Gasteiger partial charge in [0.1, 0.15) is 0 Å². The first-order chi connectivity index (χ1) is 9.62. The number of nitrogens with zero attached hydrogens (tertiary/aromatic N) is 1. The minimum atomic E-state index is 0.0168. The summed E-state index contributed by atoms with van der Waals surface area (Å²) in [6, 6.07) is 9.58. The summed E-state index contributed by atoms with van der Waals surface area (Å²) in [5.74, 6) is 0.0168. The molecule has 0 bridgehead atoms. The van der Waals surface area contributed by atoms with Gasteiger partial charge < -0.3 is 15.5 Å². The van der Waals surface area contributed by atoms with Gasteiger partial charge in [-0.15, -0.1) is 0 Å². The summed E-state index contributed by atoms with van der Waals surface area (Å²) in [4.78, 5) is 14.2. The molecule has 1 aliphatic carbocycles. The summed E-state index contributed by atoms with van der Waals surface area (Å²) < 4.78 is 0. The van der Waals surface area contributed by atoms with Crippen molar-refractivity contribution in [2.45, 2.75) is 31.2 Å². The first-order valence-corrected chi connectivity index (χ1v) is 7.35. The highest BCUT2D eigenvalue weighted by Gasteiger charge is 2.35. The summed E-state index contributed by atoms with van der Waals surface area (Å²) in [6.07, 6.45) is 5.01. The molecular weight excluding hydrogens is 250 g/mol. The van der Waals surface area contributed by atoms with Crippen LogP contribution in [0.4, 0.5) is 5.69 Å². The molecule has 0 spiro atoms. The summed E-state index contributed by atoms with van der Waals surface area (Å²) in [5, 5.41) is 6.21. The molecule has 1 aliphatic rings. The third-order valence-electron chi connectivity index (χ3n) is 4.28. The molecule has 0 saturated heterocycles. The third kappa shape index (κ3) is 3.81. The van der Waals surface area contributed by atoms with Crippen molar-refractivity contribution in [3.63, 3.8) is 0 Å². The van der Waals surface area contributed by atoms with Crippen LogP contribution in [0.3, 0.4) is 0 Å². The van der Waals surface area contributed by atoms with Crippen molar-refractivity contribution < 1.29 is 4.79 Å². The van der Waals surface area contributed by atoms with E-state index < -0.39 is 0 Å². The second-order valence-corrected chi connectivity index (χ2v) is 5.84. The number of carbonyl (C=O) groups excluding carboxylic acids is 1. The van der Waals surface area contributed by atoms with Crippen molar-refractivity contribution in [1.82, 2.24) is 10.2 Å². The Morgan fingerprint density at radius 1 is 1.20 bits per heavy atom. The van der Waals surface area contributed by atoms with Gasteiger partial charge in [0.05, 0.1) is 6.54 Å². The van der Waals surface area contributed by atoms with Crippen LogP contribution in [0.1, 0.15) is 25.7 Å². The normalized spacial score (nSPS) is 17.4. The SMILES string of the molecule is CN(C)C1(CNCC(=O)Nc2ccccc2)CCCC1. The zero-order chi connectivity index (χ0) is 14.4. The molecule has 2 N–H and O–H groups in total. The standard InChI is InChI=1S/C16H25N3O/c1-19(2)16(10-6-7-11-16)13-17-12-15(20)18-14-8-4-3-5-9-14/h3-5,8-9,17H,6-7,10-13H2,1-2H3,(H,18,20). The molecule has 4 heteroatoms. The molecule has 0 heterocycles. The maximum absolute atomic E-state index is 11.9. The lowest BCUT2D eigenvalue weighted by Crippen LogP contribution is -2.50. The van der Waals surface area contributed by atoms with Crippen molar-refractivity contribution >= 4 is 11.6 Å². The van der Waals surface area contributed by atoms with E-state index >= 15 is 0 Å². The number of para-hydroxylation sites is 1. The first-order valence-electron chi connectivity index (χ1n) is 7.35. The van der Waals surface area contributed by atoms with E-state index in [1.54, 1.807) is 0 Å². The quantitative estimate of drug-likeness (QED) is 0.835. The Balaban J connectivity index is 1.76. The molecule has 110 valence electrons. The monoisotopic (exact) mass is 275 g/mol. The smallest absolute Gasteiger partial charge is 0.238 e. The van der Waals surface area contributed by atoms with Crippen molar-refractivity contribution in [2.24, 2.45) is 0 Å². The molecule has 0 unspecified atom stereocenters. The average Bonchev–Trinajstić information content (AvgIpc) is 2.90. The third-order valence-corrected chi connectivity index (χ3v) is 4.28. The summed E-state index contributed by atoms with van der Waals surface area (Å²) in [5.41, 5.74) is 1.08.